The molecule has 0 saturated heterocycles. The normalized spacial score (nSPS) is 11.3. The molecule has 8 nitrogen and oxygen atoms in total. The Balaban J connectivity index is 2.14. The van der Waals surface area contributed by atoms with Crippen LogP contribution in [-0.2, 0) is 21.4 Å². The van der Waals surface area contributed by atoms with Crippen LogP contribution in [0, 0.1) is 10.1 Å². The zero-order valence-electron chi connectivity index (χ0n) is 13.6. The fourth-order valence-electron chi connectivity index (χ4n) is 1.99. The van der Waals surface area contributed by atoms with Gasteiger partial charge in [0.15, 0.2) is 0 Å². The summed E-state index contributed by atoms with van der Waals surface area (Å²) in [5.74, 6) is -0.720. The Morgan fingerprint density at radius 3 is 2.48 bits per heavy atom. The number of nitro benzene ring substituents is 1. The third-order valence-electron chi connectivity index (χ3n) is 3.34. The van der Waals surface area contributed by atoms with Crippen molar-refractivity contribution in [3.8, 4) is 0 Å². The van der Waals surface area contributed by atoms with Crippen LogP contribution in [0.4, 0.5) is 5.69 Å². The minimum Gasteiger partial charge on any atom is -0.457 e. The first-order chi connectivity index (χ1) is 11.7. The summed E-state index contributed by atoms with van der Waals surface area (Å²) >= 11 is 0. The van der Waals surface area contributed by atoms with Crippen molar-refractivity contribution in [2.75, 3.05) is 14.1 Å². The highest BCUT2D eigenvalue weighted by molar-refractivity contribution is 7.89. The second-order valence-corrected chi connectivity index (χ2v) is 7.47. The molecule has 0 bridgehead atoms. The number of ether oxygens (including phenoxy) is 1. The Bertz CT molecular complexity index is 908. The van der Waals surface area contributed by atoms with Crippen molar-refractivity contribution in [2.24, 2.45) is 0 Å². The lowest BCUT2D eigenvalue weighted by Crippen LogP contribution is -2.22. The van der Waals surface area contributed by atoms with E-state index in [-0.39, 0.29) is 22.8 Å². The number of nitro groups is 1. The molecule has 0 fully saturated rings. The molecule has 2 rings (SSSR count). The second-order valence-electron chi connectivity index (χ2n) is 5.32. The van der Waals surface area contributed by atoms with Crippen molar-refractivity contribution in [1.29, 1.82) is 0 Å². The fraction of sp³-hybridized carbons (Fsp3) is 0.188. The van der Waals surface area contributed by atoms with Crippen LogP contribution in [0.15, 0.2) is 53.4 Å². The Labute approximate surface area is 144 Å². The topological polar surface area (TPSA) is 107 Å². The molecular formula is C16H16N2O6S. The monoisotopic (exact) mass is 364 g/mol. The number of rotatable bonds is 6. The van der Waals surface area contributed by atoms with Gasteiger partial charge in [-0.05, 0) is 23.8 Å². The molecule has 0 atom stereocenters. The summed E-state index contributed by atoms with van der Waals surface area (Å²) < 4.78 is 30.3. The molecule has 0 spiro atoms. The number of carbonyl (C=O) groups excluding carboxylic acids is 1. The standard InChI is InChI=1S/C16H16N2O6S/c1-17(2)25(22,23)15-8-4-6-13(10-15)16(19)24-11-12-5-3-7-14(9-12)18(20)21/h3-10H,11H2,1-2H3. The molecule has 0 radical (unpaired) electrons. The highest BCUT2D eigenvalue weighted by atomic mass is 32.2. The predicted molar refractivity (Wildman–Crippen MR) is 89.5 cm³/mol. The van der Waals surface area contributed by atoms with Crippen molar-refractivity contribution < 1.29 is 22.9 Å². The minimum absolute atomic E-state index is 0.0256. The smallest absolute Gasteiger partial charge is 0.338 e. The Hall–Kier alpha value is -2.78. The molecule has 2 aromatic rings. The number of hydrogen-bond acceptors (Lipinski definition) is 6. The van der Waals surface area contributed by atoms with E-state index in [9.17, 15) is 23.3 Å². The number of sulfonamides is 1. The van der Waals surface area contributed by atoms with E-state index in [1.54, 1.807) is 6.07 Å². The fourth-order valence-corrected chi connectivity index (χ4v) is 2.93. The number of nitrogens with zero attached hydrogens (tertiary/aromatic N) is 2. The van der Waals surface area contributed by atoms with Crippen LogP contribution in [0.3, 0.4) is 0 Å². The van der Waals surface area contributed by atoms with Gasteiger partial charge >= 0.3 is 5.97 Å². The molecule has 0 unspecified atom stereocenters. The molecule has 0 N–H and O–H groups in total. The highest BCUT2D eigenvalue weighted by Crippen LogP contribution is 2.17. The minimum atomic E-state index is -3.66. The van der Waals surface area contributed by atoms with Gasteiger partial charge in [-0.3, -0.25) is 10.1 Å². The van der Waals surface area contributed by atoms with Crippen molar-refractivity contribution in [3.05, 3.63) is 69.8 Å². The van der Waals surface area contributed by atoms with E-state index in [0.29, 0.717) is 5.56 Å². The zero-order valence-corrected chi connectivity index (χ0v) is 14.4. The number of carbonyl (C=O) groups is 1. The van der Waals surface area contributed by atoms with E-state index in [1.807, 2.05) is 0 Å². The average Bonchev–Trinajstić information content (AvgIpc) is 2.59. The molecule has 0 saturated carbocycles. The van der Waals surface area contributed by atoms with Crippen molar-refractivity contribution >= 4 is 21.7 Å². The van der Waals surface area contributed by atoms with Gasteiger partial charge in [-0.15, -0.1) is 0 Å². The lowest BCUT2D eigenvalue weighted by Gasteiger charge is -2.12. The summed E-state index contributed by atoms with van der Waals surface area (Å²) in [7, 11) is -0.882. The second kappa shape index (κ2) is 7.41. The van der Waals surface area contributed by atoms with E-state index in [1.165, 1.54) is 56.6 Å². The summed E-state index contributed by atoms with van der Waals surface area (Å²) in [4.78, 5) is 22.3. The lowest BCUT2D eigenvalue weighted by atomic mass is 10.2. The van der Waals surface area contributed by atoms with E-state index in [0.717, 1.165) is 4.31 Å². The number of benzene rings is 2. The van der Waals surface area contributed by atoms with Gasteiger partial charge in [-0.25, -0.2) is 17.5 Å². The van der Waals surface area contributed by atoms with Crippen molar-refractivity contribution in [1.82, 2.24) is 4.31 Å². The van der Waals surface area contributed by atoms with Crippen LogP contribution in [0.2, 0.25) is 0 Å². The highest BCUT2D eigenvalue weighted by Gasteiger charge is 2.19. The van der Waals surface area contributed by atoms with E-state index < -0.39 is 20.9 Å². The number of hydrogen-bond donors (Lipinski definition) is 0. The van der Waals surface area contributed by atoms with Crippen LogP contribution in [0.25, 0.3) is 0 Å². The third-order valence-corrected chi connectivity index (χ3v) is 5.15. The first-order valence-electron chi connectivity index (χ1n) is 7.15. The van der Waals surface area contributed by atoms with Gasteiger partial charge in [-0.1, -0.05) is 18.2 Å². The molecule has 9 heteroatoms. The Morgan fingerprint density at radius 1 is 1.16 bits per heavy atom. The van der Waals surface area contributed by atoms with Crippen LogP contribution in [0.5, 0.6) is 0 Å². The molecule has 25 heavy (non-hydrogen) atoms. The maximum atomic E-state index is 12.1. The van der Waals surface area contributed by atoms with Gasteiger partial charge in [-0.2, -0.15) is 0 Å². The molecule has 0 aliphatic heterocycles. The van der Waals surface area contributed by atoms with Gasteiger partial charge in [0.2, 0.25) is 10.0 Å². The summed E-state index contributed by atoms with van der Waals surface area (Å²) in [6, 6.07) is 11.2. The average molecular weight is 364 g/mol. The Kier molecular flexibility index (Phi) is 5.50. The van der Waals surface area contributed by atoms with Gasteiger partial charge in [0, 0.05) is 26.2 Å². The summed E-state index contributed by atoms with van der Waals surface area (Å²) in [6.07, 6.45) is 0. The SMILES string of the molecule is CN(C)S(=O)(=O)c1cccc(C(=O)OCc2cccc([N+](=O)[O-])c2)c1. The summed E-state index contributed by atoms with van der Waals surface area (Å²) in [5, 5.41) is 10.7. The predicted octanol–water partition coefficient (Wildman–Crippen LogP) is 2.20. The summed E-state index contributed by atoms with van der Waals surface area (Å²) in [5.41, 5.74) is 0.431. The molecule has 0 aliphatic carbocycles. The van der Waals surface area contributed by atoms with Crippen molar-refractivity contribution in [3.63, 3.8) is 0 Å². The lowest BCUT2D eigenvalue weighted by molar-refractivity contribution is -0.384. The van der Waals surface area contributed by atoms with E-state index in [4.69, 9.17) is 4.74 Å². The van der Waals surface area contributed by atoms with E-state index in [2.05, 4.69) is 0 Å². The molecular weight excluding hydrogens is 348 g/mol. The summed E-state index contributed by atoms with van der Waals surface area (Å²) in [6.45, 7) is -0.162. The maximum absolute atomic E-state index is 12.1. The largest absolute Gasteiger partial charge is 0.457 e. The molecule has 0 aliphatic rings. The van der Waals surface area contributed by atoms with Crippen molar-refractivity contribution in [2.45, 2.75) is 11.5 Å². The van der Waals surface area contributed by atoms with E-state index >= 15 is 0 Å². The van der Waals surface area contributed by atoms with Gasteiger partial charge < -0.3 is 4.74 Å². The number of esters is 1. The van der Waals surface area contributed by atoms with Crippen LogP contribution in [0.1, 0.15) is 15.9 Å². The molecule has 132 valence electrons. The molecule has 0 aromatic heterocycles. The van der Waals surface area contributed by atoms with Gasteiger partial charge in [0.05, 0.1) is 15.4 Å². The number of non-ortho nitro benzene ring substituents is 1. The maximum Gasteiger partial charge on any atom is 0.338 e. The van der Waals surface area contributed by atoms with Crippen LogP contribution >= 0.6 is 0 Å². The van der Waals surface area contributed by atoms with Crippen LogP contribution in [-0.4, -0.2) is 37.7 Å². The first-order valence-corrected chi connectivity index (χ1v) is 8.59. The molecule has 2 aromatic carbocycles. The molecule has 0 amide bonds. The first kappa shape index (κ1) is 18.6. The Morgan fingerprint density at radius 2 is 1.84 bits per heavy atom. The molecule has 0 heterocycles. The zero-order chi connectivity index (χ0) is 18.6. The quantitative estimate of drug-likeness (QED) is 0.442. The third kappa shape index (κ3) is 4.40. The van der Waals surface area contributed by atoms with Crippen LogP contribution < -0.4 is 0 Å². The van der Waals surface area contributed by atoms with Gasteiger partial charge in [0.25, 0.3) is 5.69 Å². The van der Waals surface area contributed by atoms with Gasteiger partial charge in [0.1, 0.15) is 6.61 Å².